The van der Waals surface area contributed by atoms with Crippen LogP contribution in [0.1, 0.15) is 31.0 Å². The van der Waals surface area contributed by atoms with E-state index in [1.165, 1.54) is 6.07 Å². The fourth-order valence-corrected chi connectivity index (χ4v) is 2.16. The second-order valence-electron chi connectivity index (χ2n) is 5.38. The van der Waals surface area contributed by atoms with Crippen LogP contribution < -0.4 is 5.32 Å². The molecule has 7 heteroatoms. The highest BCUT2D eigenvalue weighted by molar-refractivity contribution is 5.69. The number of cyclic esters (lactones) is 1. The molecule has 1 amide bonds. The third-order valence-corrected chi connectivity index (χ3v) is 3.25. The maximum atomic E-state index is 13.3. The predicted molar refractivity (Wildman–Crippen MR) is 62.4 cm³/mol. The van der Waals surface area contributed by atoms with E-state index >= 15 is 0 Å². The fourth-order valence-electron chi connectivity index (χ4n) is 2.16. The minimum absolute atomic E-state index is 0.0717. The lowest BCUT2D eigenvalue weighted by atomic mass is 9.80. The van der Waals surface area contributed by atoms with Gasteiger partial charge in [-0.15, -0.1) is 0 Å². The number of alkyl carbamates (subject to hydrolysis) is 1. The Morgan fingerprint density at radius 3 is 2.60 bits per heavy atom. The molecule has 0 aromatic heterocycles. The molecule has 0 bridgehead atoms. The summed E-state index contributed by atoms with van der Waals surface area (Å²) in [4.78, 5) is 11.3. The van der Waals surface area contributed by atoms with Gasteiger partial charge in [0.05, 0.1) is 11.6 Å². The molecule has 0 aliphatic carbocycles. The van der Waals surface area contributed by atoms with E-state index in [0.717, 1.165) is 12.1 Å². The number of hydrogen-bond acceptors (Lipinski definition) is 2. The fraction of sp³-hybridized carbons (Fsp3) is 0.462. The molecule has 0 spiro atoms. The zero-order valence-corrected chi connectivity index (χ0v) is 10.8. The molecule has 3 nitrogen and oxygen atoms in total. The molecule has 0 radical (unpaired) electrons. The summed E-state index contributed by atoms with van der Waals surface area (Å²) in [5, 5.41) is 2.47. The zero-order valence-electron chi connectivity index (χ0n) is 10.8. The van der Waals surface area contributed by atoms with Gasteiger partial charge >= 0.3 is 12.3 Å². The third kappa shape index (κ3) is 2.71. The summed E-state index contributed by atoms with van der Waals surface area (Å²) in [7, 11) is 0. The van der Waals surface area contributed by atoms with Crippen LogP contribution in [0, 0.1) is 11.2 Å². The van der Waals surface area contributed by atoms with Gasteiger partial charge in [-0.1, -0.05) is 19.9 Å². The van der Waals surface area contributed by atoms with Gasteiger partial charge < -0.3 is 10.1 Å². The van der Waals surface area contributed by atoms with Crippen LogP contribution in [-0.4, -0.2) is 12.7 Å². The van der Waals surface area contributed by atoms with Gasteiger partial charge in [0.1, 0.15) is 12.4 Å². The highest BCUT2D eigenvalue weighted by atomic mass is 19.4. The number of rotatable bonds is 1. The summed E-state index contributed by atoms with van der Waals surface area (Å²) < 4.78 is 56.2. The number of nitrogens with one attached hydrogen (secondary N) is 1. The van der Waals surface area contributed by atoms with Crippen LogP contribution >= 0.6 is 0 Å². The normalized spacial score (nSPS) is 22.1. The predicted octanol–water partition coefficient (Wildman–Crippen LogP) is 3.65. The average molecular weight is 291 g/mol. The molecule has 1 aromatic carbocycles. The van der Waals surface area contributed by atoms with Crippen molar-refractivity contribution in [2.24, 2.45) is 5.41 Å². The van der Waals surface area contributed by atoms with Crippen molar-refractivity contribution in [1.29, 1.82) is 0 Å². The Bertz CT molecular complexity index is 540. The lowest BCUT2D eigenvalue weighted by Gasteiger charge is -2.38. The van der Waals surface area contributed by atoms with E-state index < -0.39 is 35.1 Å². The standard InChI is InChI=1S/C13H13F4NO2/c1-12(2)6-20-11(19)18-10(12)7-3-4-9(14)8(5-7)13(15,16)17/h3-5,10H,6H2,1-2H3,(H,18,19)/t10-/m0/s1. The van der Waals surface area contributed by atoms with Gasteiger partial charge in [-0.25, -0.2) is 9.18 Å². The van der Waals surface area contributed by atoms with Crippen LogP contribution in [0.25, 0.3) is 0 Å². The average Bonchev–Trinajstić information content (AvgIpc) is 2.32. The first-order chi connectivity index (χ1) is 9.11. The molecule has 1 heterocycles. The lowest BCUT2D eigenvalue weighted by Crippen LogP contribution is -2.47. The molecule has 0 saturated carbocycles. The monoisotopic (exact) mass is 291 g/mol. The third-order valence-electron chi connectivity index (χ3n) is 3.25. The van der Waals surface area contributed by atoms with Crippen molar-refractivity contribution in [3.63, 3.8) is 0 Å². The quantitative estimate of drug-likeness (QED) is 0.802. The molecule has 20 heavy (non-hydrogen) atoms. The van der Waals surface area contributed by atoms with Gasteiger partial charge in [0.2, 0.25) is 0 Å². The van der Waals surface area contributed by atoms with Crippen LogP contribution in [0.4, 0.5) is 22.4 Å². The van der Waals surface area contributed by atoms with E-state index in [9.17, 15) is 22.4 Å². The van der Waals surface area contributed by atoms with Gasteiger partial charge in [-0.2, -0.15) is 13.2 Å². The summed E-state index contributed by atoms with van der Waals surface area (Å²) >= 11 is 0. The number of amides is 1. The van der Waals surface area contributed by atoms with Crippen LogP contribution in [-0.2, 0) is 10.9 Å². The minimum atomic E-state index is -4.78. The number of halogens is 4. The largest absolute Gasteiger partial charge is 0.449 e. The van der Waals surface area contributed by atoms with Crippen LogP contribution in [0.3, 0.4) is 0 Å². The summed E-state index contributed by atoms with van der Waals surface area (Å²) in [6.45, 7) is 3.56. The first kappa shape index (κ1) is 14.6. The molecule has 1 aliphatic heterocycles. The molecule has 1 aliphatic rings. The van der Waals surface area contributed by atoms with Crippen LogP contribution in [0.15, 0.2) is 18.2 Å². The number of carbonyl (C=O) groups is 1. The maximum Gasteiger partial charge on any atom is 0.419 e. The Hall–Kier alpha value is -1.79. The first-order valence-electron chi connectivity index (χ1n) is 5.91. The van der Waals surface area contributed by atoms with Crippen LogP contribution in [0.5, 0.6) is 0 Å². The molecule has 110 valence electrons. The molecule has 1 aromatic rings. The lowest BCUT2D eigenvalue weighted by molar-refractivity contribution is -0.140. The number of benzene rings is 1. The van der Waals surface area contributed by atoms with E-state index in [2.05, 4.69) is 5.32 Å². The van der Waals surface area contributed by atoms with Crippen molar-refractivity contribution in [2.45, 2.75) is 26.1 Å². The maximum absolute atomic E-state index is 13.3. The van der Waals surface area contributed by atoms with Crippen molar-refractivity contribution in [3.05, 3.63) is 35.1 Å². The number of alkyl halides is 3. The topological polar surface area (TPSA) is 38.3 Å². The summed E-state index contributed by atoms with van der Waals surface area (Å²) in [6.07, 6.45) is -5.48. The van der Waals surface area contributed by atoms with E-state index in [0.29, 0.717) is 0 Å². The molecule has 1 fully saturated rings. The Kier molecular flexibility index (Phi) is 3.39. The molecule has 0 unspecified atom stereocenters. The highest BCUT2D eigenvalue weighted by Gasteiger charge is 2.40. The number of carbonyl (C=O) groups excluding carboxylic acids is 1. The molecule has 1 saturated heterocycles. The smallest absolute Gasteiger partial charge is 0.419 e. The van der Waals surface area contributed by atoms with Gasteiger partial charge in [-0.3, -0.25) is 0 Å². The Morgan fingerprint density at radius 1 is 1.35 bits per heavy atom. The molecule has 2 rings (SSSR count). The Labute approximate surface area is 112 Å². The van der Waals surface area contributed by atoms with Gasteiger partial charge in [0, 0.05) is 5.41 Å². The van der Waals surface area contributed by atoms with Crippen LogP contribution in [0.2, 0.25) is 0 Å². The molecular formula is C13H13F4NO2. The Balaban J connectivity index is 2.44. The summed E-state index contributed by atoms with van der Waals surface area (Å²) in [5.41, 5.74) is -1.75. The summed E-state index contributed by atoms with van der Waals surface area (Å²) in [6, 6.07) is 2.05. The molecule has 1 atom stereocenters. The van der Waals surface area contributed by atoms with E-state index in [1.807, 2.05) is 0 Å². The first-order valence-corrected chi connectivity index (χ1v) is 5.91. The number of hydrogen-bond donors (Lipinski definition) is 1. The van der Waals surface area contributed by atoms with Crippen molar-refractivity contribution < 1.29 is 27.1 Å². The Morgan fingerprint density at radius 2 is 2.00 bits per heavy atom. The highest BCUT2D eigenvalue weighted by Crippen LogP contribution is 2.39. The molecule has 1 N–H and O–H groups in total. The number of ether oxygens (including phenoxy) is 1. The van der Waals surface area contributed by atoms with Crippen molar-refractivity contribution in [2.75, 3.05) is 6.61 Å². The SMILES string of the molecule is CC1(C)COC(=O)N[C@H]1c1ccc(F)c(C(F)(F)F)c1. The zero-order chi connectivity index (χ0) is 15.1. The van der Waals surface area contributed by atoms with Gasteiger partial charge in [0.15, 0.2) is 0 Å². The van der Waals surface area contributed by atoms with Gasteiger partial charge in [-0.05, 0) is 17.7 Å². The second-order valence-corrected chi connectivity index (χ2v) is 5.38. The summed E-state index contributed by atoms with van der Waals surface area (Å²) in [5.74, 6) is -1.34. The van der Waals surface area contributed by atoms with Crippen molar-refractivity contribution in [1.82, 2.24) is 5.32 Å². The molecular weight excluding hydrogens is 278 g/mol. The van der Waals surface area contributed by atoms with Crippen molar-refractivity contribution >= 4 is 6.09 Å². The van der Waals surface area contributed by atoms with Gasteiger partial charge in [0.25, 0.3) is 0 Å². The minimum Gasteiger partial charge on any atom is -0.449 e. The van der Waals surface area contributed by atoms with E-state index in [4.69, 9.17) is 4.74 Å². The van der Waals surface area contributed by atoms with Crippen molar-refractivity contribution in [3.8, 4) is 0 Å². The van der Waals surface area contributed by atoms with E-state index in [1.54, 1.807) is 13.8 Å². The second kappa shape index (κ2) is 4.64. The van der Waals surface area contributed by atoms with E-state index in [-0.39, 0.29) is 12.2 Å².